The number of aromatic nitrogens is 1. The van der Waals surface area contributed by atoms with Crippen LogP contribution in [0.4, 0.5) is 11.4 Å². The molecule has 8 nitrogen and oxygen atoms in total. The first-order valence-electron chi connectivity index (χ1n) is 11.4. The monoisotopic (exact) mass is 460 g/mol. The second-order valence-electron chi connectivity index (χ2n) is 10.3. The van der Waals surface area contributed by atoms with Gasteiger partial charge in [-0.1, -0.05) is 30.4 Å². The Labute approximate surface area is 198 Å². The van der Waals surface area contributed by atoms with Crippen LogP contribution in [0.25, 0.3) is 0 Å². The van der Waals surface area contributed by atoms with E-state index in [9.17, 15) is 14.4 Å². The van der Waals surface area contributed by atoms with Gasteiger partial charge >= 0.3 is 0 Å². The van der Waals surface area contributed by atoms with Crippen LogP contribution in [0, 0.1) is 11.8 Å². The standard InChI is InChI=1S/C26H28N4O4/c1-24(2,3)29-22(32)20-26-13-12-25(4,34-26)18(21(31)28-16-9-6-5-7-10-16)19(26)23(33)30(20)17-11-8-14-27-15-17/h5-15,18-20H,1-4H3,(H,28,31)(H,29,32)/t18-,19+,20-,25+,26-/m0/s1. The quantitative estimate of drug-likeness (QED) is 0.684. The molecule has 3 aliphatic heterocycles. The molecule has 1 spiro atoms. The van der Waals surface area contributed by atoms with Crippen LogP contribution in [-0.2, 0) is 19.1 Å². The van der Waals surface area contributed by atoms with E-state index in [2.05, 4.69) is 15.6 Å². The largest absolute Gasteiger partial charge is 0.356 e. The van der Waals surface area contributed by atoms with E-state index in [0.29, 0.717) is 11.4 Å². The van der Waals surface area contributed by atoms with Crippen LogP contribution >= 0.6 is 0 Å². The summed E-state index contributed by atoms with van der Waals surface area (Å²) >= 11 is 0. The molecule has 4 heterocycles. The summed E-state index contributed by atoms with van der Waals surface area (Å²) in [6.45, 7) is 7.44. The number of benzene rings is 1. The van der Waals surface area contributed by atoms with E-state index in [1.54, 1.807) is 49.7 Å². The summed E-state index contributed by atoms with van der Waals surface area (Å²) in [5.41, 5.74) is -1.69. The summed E-state index contributed by atoms with van der Waals surface area (Å²) in [6.07, 6.45) is 6.76. The lowest BCUT2D eigenvalue weighted by molar-refractivity contribution is -0.131. The zero-order valence-electron chi connectivity index (χ0n) is 19.6. The number of carbonyl (C=O) groups is 3. The summed E-state index contributed by atoms with van der Waals surface area (Å²) in [4.78, 5) is 46.8. The van der Waals surface area contributed by atoms with Gasteiger partial charge in [0.1, 0.15) is 11.6 Å². The number of ether oxygens (including phenoxy) is 1. The molecule has 5 rings (SSSR count). The number of para-hydroxylation sites is 1. The Balaban J connectivity index is 1.59. The lowest BCUT2D eigenvalue weighted by Crippen LogP contribution is -2.58. The molecule has 1 aromatic carbocycles. The molecule has 3 aliphatic rings. The van der Waals surface area contributed by atoms with Crippen molar-refractivity contribution in [3.05, 3.63) is 67.0 Å². The van der Waals surface area contributed by atoms with Gasteiger partial charge in [-0.15, -0.1) is 0 Å². The minimum Gasteiger partial charge on any atom is -0.356 e. The Kier molecular flexibility index (Phi) is 4.91. The molecule has 2 aromatic rings. The van der Waals surface area contributed by atoms with E-state index in [1.165, 1.54) is 4.90 Å². The van der Waals surface area contributed by atoms with Crippen LogP contribution in [0.3, 0.4) is 0 Å². The van der Waals surface area contributed by atoms with E-state index in [4.69, 9.17) is 4.74 Å². The highest BCUT2D eigenvalue weighted by Gasteiger charge is 2.76. The van der Waals surface area contributed by atoms with E-state index >= 15 is 0 Å². The average molecular weight is 461 g/mol. The summed E-state index contributed by atoms with van der Waals surface area (Å²) in [7, 11) is 0. The SMILES string of the molecule is CC(C)(C)NC(=O)[C@@H]1N(c2cccnc2)C(=O)[C@H]2[C@@H](C(=O)Nc3ccccc3)[C@@]3(C)C=C[C@@]12O3. The summed E-state index contributed by atoms with van der Waals surface area (Å²) in [6, 6.07) is 11.6. The van der Waals surface area contributed by atoms with Gasteiger partial charge < -0.3 is 15.4 Å². The lowest BCUT2D eigenvalue weighted by atomic mass is 9.70. The van der Waals surface area contributed by atoms with Crippen LogP contribution in [0.5, 0.6) is 0 Å². The molecule has 0 saturated carbocycles. The predicted octanol–water partition coefficient (Wildman–Crippen LogP) is 2.68. The molecule has 2 N–H and O–H groups in total. The number of carbonyl (C=O) groups excluding carboxylic acids is 3. The van der Waals surface area contributed by atoms with Crippen molar-refractivity contribution in [2.75, 3.05) is 10.2 Å². The molecule has 3 amide bonds. The van der Waals surface area contributed by atoms with Crippen molar-refractivity contribution in [2.24, 2.45) is 11.8 Å². The first-order chi connectivity index (χ1) is 16.1. The second kappa shape index (κ2) is 7.50. The highest BCUT2D eigenvalue weighted by Crippen LogP contribution is 2.60. The molecule has 1 aromatic heterocycles. The molecular formula is C26H28N4O4. The third-order valence-corrected chi connectivity index (χ3v) is 6.69. The van der Waals surface area contributed by atoms with Crippen molar-refractivity contribution in [1.82, 2.24) is 10.3 Å². The molecule has 8 heteroatoms. The van der Waals surface area contributed by atoms with Crippen molar-refractivity contribution in [1.29, 1.82) is 0 Å². The first-order valence-corrected chi connectivity index (χ1v) is 11.4. The van der Waals surface area contributed by atoms with Gasteiger partial charge in [0.15, 0.2) is 0 Å². The molecule has 2 fully saturated rings. The molecule has 0 aliphatic carbocycles. The fourth-order valence-corrected chi connectivity index (χ4v) is 5.49. The molecular weight excluding hydrogens is 432 g/mol. The third-order valence-electron chi connectivity index (χ3n) is 6.69. The maximum absolute atomic E-state index is 14.0. The number of hydrogen-bond acceptors (Lipinski definition) is 5. The van der Waals surface area contributed by atoms with Gasteiger partial charge in [0.25, 0.3) is 0 Å². The Bertz CT molecular complexity index is 1180. The maximum Gasteiger partial charge on any atom is 0.246 e. The number of anilines is 2. The number of rotatable bonds is 4. The Hall–Kier alpha value is -3.52. The maximum atomic E-state index is 14.0. The number of fused-ring (bicyclic) bond motifs is 1. The van der Waals surface area contributed by atoms with Gasteiger partial charge in [-0.05, 0) is 52.0 Å². The van der Waals surface area contributed by atoms with Crippen molar-refractivity contribution in [2.45, 2.75) is 50.5 Å². The van der Waals surface area contributed by atoms with Gasteiger partial charge in [0, 0.05) is 17.4 Å². The highest BCUT2D eigenvalue weighted by atomic mass is 16.5. The molecule has 5 atom stereocenters. The van der Waals surface area contributed by atoms with E-state index in [0.717, 1.165) is 0 Å². The molecule has 176 valence electrons. The van der Waals surface area contributed by atoms with E-state index in [-0.39, 0.29) is 17.7 Å². The number of nitrogens with zero attached hydrogens (tertiary/aromatic N) is 2. The van der Waals surface area contributed by atoms with Gasteiger partial charge in [0.2, 0.25) is 17.7 Å². The smallest absolute Gasteiger partial charge is 0.246 e. The van der Waals surface area contributed by atoms with Crippen molar-refractivity contribution >= 4 is 29.1 Å². The topological polar surface area (TPSA) is 101 Å². The van der Waals surface area contributed by atoms with Gasteiger partial charge in [-0.3, -0.25) is 24.3 Å². The average Bonchev–Trinajstić information content (AvgIpc) is 3.34. The molecule has 2 bridgehead atoms. The summed E-state index contributed by atoms with van der Waals surface area (Å²) < 4.78 is 6.50. The van der Waals surface area contributed by atoms with Crippen LogP contribution in [0.2, 0.25) is 0 Å². The van der Waals surface area contributed by atoms with Crippen molar-refractivity contribution < 1.29 is 19.1 Å². The van der Waals surface area contributed by atoms with Crippen LogP contribution < -0.4 is 15.5 Å². The Morgan fingerprint density at radius 1 is 1.06 bits per heavy atom. The normalized spacial score (nSPS) is 31.5. The van der Waals surface area contributed by atoms with Crippen LogP contribution in [0.1, 0.15) is 27.7 Å². The zero-order chi connectivity index (χ0) is 24.3. The van der Waals surface area contributed by atoms with E-state index in [1.807, 2.05) is 45.0 Å². The second-order valence-corrected chi connectivity index (χ2v) is 10.3. The van der Waals surface area contributed by atoms with Crippen molar-refractivity contribution in [3.8, 4) is 0 Å². The number of pyridine rings is 1. The molecule has 0 radical (unpaired) electrons. The molecule has 2 saturated heterocycles. The van der Waals surface area contributed by atoms with Gasteiger partial charge in [-0.25, -0.2) is 0 Å². The third kappa shape index (κ3) is 3.32. The first kappa shape index (κ1) is 22.3. The van der Waals surface area contributed by atoms with E-state index < -0.39 is 34.6 Å². The zero-order valence-corrected chi connectivity index (χ0v) is 19.6. The van der Waals surface area contributed by atoms with Crippen LogP contribution in [-0.4, -0.2) is 45.5 Å². The highest BCUT2D eigenvalue weighted by molar-refractivity contribution is 6.11. The minimum absolute atomic E-state index is 0.318. The summed E-state index contributed by atoms with van der Waals surface area (Å²) in [5.74, 6) is -2.66. The lowest BCUT2D eigenvalue weighted by Gasteiger charge is -2.34. The Morgan fingerprint density at radius 3 is 2.44 bits per heavy atom. The van der Waals surface area contributed by atoms with Crippen molar-refractivity contribution in [3.63, 3.8) is 0 Å². The molecule has 34 heavy (non-hydrogen) atoms. The number of nitrogens with one attached hydrogen (secondary N) is 2. The van der Waals surface area contributed by atoms with Crippen LogP contribution in [0.15, 0.2) is 67.0 Å². The van der Waals surface area contributed by atoms with Gasteiger partial charge in [0.05, 0.1) is 29.3 Å². The van der Waals surface area contributed by atoms with Gasteiger partial charge in [-0.2, -0.15) is 0 Å². The fraction of sp³-hybridized carbons (Fsp3) is 0.385. The number of hydrogen-bond donors (Lipinski definition) is 2. The minimum atomic E-state index is -1.27. The Morgan fingerprint density at radius 2 is 1.79 bits per heavy atom. The number of amides is 3. The predicted molar refractivity (Wildman–Crippen MR) is 127 cm³/mol. The fourth-order valence-electron chi connectivity index (χ4n) is 5.49. The summed E-state index contributed by atoms with van der Waals surface area (Å²) in [5, 5.41) is 5.92. The molecule has 0 unspecified atom stereocenters.